The number of alkyl halides is 1. The topological polar surface area (TPSA) is 17.8 Å². The minimum absolute atomic E-state index is 0.145. The van der Waals surface area contributed by atoms with Gasteiger partial charge in [-0.3, -0.25) is 0 Å². The van der Waals surface area contributed by atoms with Crippen LogP contribution in [0.4, 0.5) is 0 Å². The third kappa shape index (κ3) is 2.44. The largest absolute Gasteiger partial charge is 0.338 e. The molecule has 1 aromatic rings. The predicted octanol–water partition coefficient (Wildman–Crippen LogP) is 3.90. The summed E-state index contributed by atoms with van der Waals surface area (Å²) in [5.41, 5.74) is 0.145. The van der Waals surface area contributed by atoms with Crippen molar-refractivity contribution in [3.05, 3.63) is 18.2 Å². The van der Waals surface area contributed by atoms with E-state index in [0.717, 1.165) is 5.92 Å². The van der Waals surface area contributed by atoms with Crippen molar-refractivity contribution in [1.82, 2.24) is 9.55 Å². The number of rotatable bonds is 2. The van der Waals surface area contributed by atoms with Crippen LogP contribution < -0.4 is 0 Å². The van der Waals surface area contributed by atoms with Gasteiger partial charge in [0.15, 0.2) is 0 Å². The molecule has 2 rings (SSSR count). The van der Waals surface area contributed by atoms with E-state index in [1.807, 2.05) is 12.4 Å². The van der Waals surface area contributed by atoms with E-state index >= 15 is 0 Å². The number of hydrogen-bond donors (Lipinski definition) is 0. The highest BCUT2D eigenvalue weighted by Crippen LogP contribution is 2.44. The summed E-state index contributed by atoms with van der Waals surface area (Å²) in [6, 6.07) is 0. The standard InChI is InChI=1S/C14H23BrN2/c1-10-5-6-11(12(15)9-10)14(2,3)13-16-7-8-17(13)4/h7-8,10-12H,5-6,9H2,1-4H3. The quantitative estimate of drug-likeness (QED) is 0.757. The zero-order chi connectivity index (χ0) is 12.6. The van der Waals surface area contributed by atoms with Crippen LogP contribution in [-0.4, -0.2) is 14.4 Å². The fourth-order valence-electron chi connectivity index (χ4n) is 3.28. The molecule has 1 fully saturated rings. The molecule has 0 saturated heterocycles. The fraction of sp³-hybridized carbons (Fsp3) is 0.786. The fourth-order valence-corrected chi connectivity index (χ4v) is 4.84. The maximum Gasteiger partial charge on any atom is 0.114 e. The van der Waals surface area contributed by atoms with Gasteiger partial charge in [-0.1, -0.05) is 43.1 Å². The molecule has 0 N–H and O–H groups in total. The predicted molar refractivity (Wildman–Crippen MR) is 75.5 cm³/mol. The highest BCUT2D eigenvalue weighted by molar-refractivity contribution is 9.09. The van der Waals surface area contributed by atoms with Gasteiger partial charge in [-0.15, -0.1) is 0 Å². The Morgan fingerprint density at radius 3 is 2.65 bits per heavy atom. The zero-order valence-corrected chi connectivity index (χ0v) is 12.9. The highest BCUT2D eigenvalue weighted by Gasteiger charge is 2.40. The van der Waals surface area contributed by atoms with Crippen LogP contribution in [0, 0.1) is 11.8 Å². The second kappa shape index (κ2) is 4.75. The minimum atomic E-state index is 0.145. The van der Waals surface area contributed by atoms with Crippen LogP contribution in [-0.2, 0) is 12.5 Å². The van der Waals surface area contributed by atoms with Gasteiger partial charge < -0.3 is 4.57 Å². The molecule has 0 bridgehead atoms. The summed E-state index contributed by atoms with van der Waals surface area (Å²) in [5, 5.41) is 0. The average molecular weight is 299 g/mol. The van der Waals surface area contributed by atoms with Gasteiger partial charge in [0.1, 0.15) is 5.82 Å². The van der Waals surface area contributed by atoms with Gasteiger partial charge in [0, 0.05) is 29.7 Å². The smallest absolute Gasteiger partial charge is 0.114 e. The number of imidazole rings is 1. The Morgan fingerprint density at radius 2 is 2.12 bits per heavy atom. The van der Waals surface area contributed by atoms with Crippen LogP contribution in [0.5, 0.6) is 0 Å². The lowest BCUT2D eigenvalue weighted by Crippen LogP contribution is -2.40. The molecule has 1 aliphatic carbocycles. The van der Waals surface area contributed by atoms with Crippen LogP contribution in [0.25, 0.3) is 0 Å². The maximum atomic E-state index is 4.56. The van der Waals surface area contributed by atoms with Crippen LogP contribution in [0.15, 0.2) is 12.4 Å². The van der Waals surface area contributed by atoms with Crippen molar-refractivity contribution < 1.29 is 0 Å². The number of hydrogen-bond acceptors (Lipinski definition) is 1. The minimum Gasteiger partial charge on any atom is -0.338 e. The van der Waals surface area contributed by atoms with Crippen LogP contribution in [0.1, 0.15) is 45.9 Å². The van der Waals surface area contributed by atoms with Gasteiger partial charge in [-0.25, -0.2) is 4.98 Å². The molecule has 0 spiro atoms. The normalized spacial score (nSPS) is 30.5. The van der Waals surface area contributed by atoms with Crippen molar-refractivity contribution in [3.63, 3.8) is 0 Å². The van der Waals surface area contributed by atoms with E-state index in [4.69, 9.17) is 0 Å². The van der Waals surface area contributed by atoms with E-state index in [9.17, 15) is 0 Å². The van der Waals surface area contributed by atoms with Crippen molar-refractivity contribution in [3.8, 4) is 0 Å². The summed E-state index contributed by atoms with van der Waals surface area (Å²) in [7, 11) is 2.10. The monoisotopic (exact) mass is 298 g/mol. The first-order chi connectivity index (χ1) is 7.93. The SMILES string of the molecule is CC1CCC(C(C)(C)c2nccn2C)C(Br)C1. The molecule has 0 aliphatic heterocycles. The second-order valence-electron chi connectivity index (χ2n) is 6.12. The Bertz CT molecular complexity index is 383. The zero-order valence-electron chi connectivity index (χ0n) is 11.3. The van der Waals surface area contributed by atoms with E-state index in [1.165, 1.54) is 25.1 Å². The van der Waals surface area contributed by atoms with E-state index in [-0.39, 0.29) is 5.41 Å². The second-order valence-corrected chi connectivity index (χ2v) is 7.30. The van der Waals surface area contributed by atoms with E-state index in [2.05, 4.69) is 53.3 Å². The molecule has 1 aromatic heterocycles. The molecule has 0 radical (unpaired) electrons. The summed E-state index contributed by atoms with van der Waals surface area (Å²) in [4.78, 5) is 5.18. The van der Waals surface area contributed by atoms with Crippen molar-refractivity contribution in [1.29, 1.82) is 0 Å². The highest BCUT2D eigenvalue weighted by atomic mass is 79.9. The van der Waals surface area contributed by atoms with Crippen LogP contribution >= 0.6 is 15.9 Å². The summed E-state index contributed by atoms with van der Waals surface area (Å²) in [6.45, 7) is 7.03. The summed E-state index contributed by atoms with van der Waals surface area (Å²) < 4.78 is 2.16. The maximum absolute atomic E-state index is 4.56. The van der Waals surface area contributed by atoms with Crippen LogP contribution in [0.3, 0.4) is 0 Å². The Kier molecular flexibility index (Phi) is 3.67. The lowest BCUT2D eigenvalue weighted by molar-refractivity contribution is 0.203. The Labute approximate surface area is 113 Å². The molecule has 0 amide bonds. The van der Waals surface area contributed by atoms with Crippen molar-refractivity contribution in [2.75, 3.05) is 0 Å². The Morgan fingerprint density at radius 1 is 1.41 bits per heavy atom. The molecule has 3 heteroatoms. The molecule has 17 heavy (non-hydrogen) atoms. The molecule has 96 valence electrons. The molecule has 1 heterocycles. The van der Waals surface area contributed by atoms with Gasteiger partial charge in [0.25, 0.3) is 0 Å². The molecule has 1 aliphatic rings. The third-order valence-corrected chi connectivity index (χ3v) is 5.37. The number of nitrogens with zero attached hydrogens (tertiary/aromatic N) is 2. The first-order valence-electron chi connectivity index (χ1n) is 6.54. The van der Waals surface area contributed by atoms with Crippen molar-refractivity contribution >= 4 is 15.9 Å². The Hall–Kier alpha value is -0.310. The summed E-state index contributed by atoms with van der Waals surface area (Å²) >= 11 is 3.90. The van der Waals surface area contributed by atoms with Gasteiger partial charge in [0.2, 0.25) is 0 Å². The number of aryl methyl sites for hydroxylation is 1. The first kappa shape index (κ1) is 13.1. The number of aromatic nitrogens is 2. The van der Waals surface area contributed by atoms with Crippen molar-refractivity contribution in [2.24, 2.45) is 18.9 Å². The lowest BCUT2D eigenvalue weighted by Gasteiger charge is -2.41. The van der Waals surface area contributed by atoms with Gasteiger partial charge in [0.05, 0.1) is 0 Å². The van der Waals surface area contributed by atoms with Gasteiger partial charge >= 0.3 is 0 Å². The van der Waals surface area contributed by atoms with Gasteiger partial charge in [-0.05, 0) is 24.7 Å². The van der Waals surface area contributed by atoms with Crippen molar-refractivity contribution in [2.45, 2.75) is 50.3 Å². The molecular formula is C14H23BrN2. The lowest BCUT2D eigenvalue weighted by atomic mass is 9.68. The van der Waals surface area contributed by atoms with E-state index in [0.29, 0.717) is 10.7 Å². The summed E-state index contributed by atoms with van der Waals surface area (Å²) in [6.07, 6.45) is 7.90. The third-order valence-electron chi connectivity index (χ3n) is 4.36. The molecule has 2 nitrogen and oxygen atoms in total. The molecule has 0 aromatic carbocycles. The van der Waals surface area contributed by atoms with E-state index in [1.54, 1.807) is 0 Å². The summed E-state index contributed by atoms with van der Waals surface area (Å²) in [5.74, 6) is 2.74. The molecule has 1 saturated carbocycles. The van der Waals surface area contributed by atoms with E-state index < -0.39 is 0 Å². The van der Waals surface area contributed by atoms with Gasteiger partial charge in [-0.2, -0.15) is 0 Å². The average Bonchev–Trinajstić information content (AvgIpc) is 2.64. The number of halogens is 1. The Balaban J connectivity index is 2.24. The molecular weight excluding hydrogens is 276 g/mol. The van der Waals surface area contributed by atoms with Crippen LogP contribution in [0.2, 0.25) is 0 Å². The molecule has 3 atom stereocenters. The first-order valence-corrected chi connectivity index (χ1v) is 7.46. The molecule has 3 unspecified atom stereocenters.